The first kappa shape index (κ1) is 23.3. The highest BCUT2D eigenvalue weighted by Crippen LogP contribution is 2.26. The summed E-state index contributed by atoms with van der Waals surface area (Å²) in [4.78, 5) is 17.3. The standard InChI is InChI=1S/C26H30N2O4/c1-5-16-31-21-10-12-22(13-11-21)32-23-9-7-8-20(17-23)28-26(29)24-14-15-25(27-18(24)3)19(4)30-6-2/h7-15,17,19H,5-6,16H2,1-4H3,(H,28,29). The molecule has 6 heteroatoms. The lowest BCUT2D eigenvalue weighted by atomic mass is 10.1. The van der Waals surface area contributed by atoms with Crippen molar-refractivity contribution in [2.45, 2.75) is 40.2 Å². The molecule has 3 aromatic rings. The fourth-order valence-corrected chi connectivity index (χ4v) is 3.18. The fraction of sp³-hybridized carbons (Fsp3) is 0.308. The Labute approximate surface area is 189 Å². The second-order valence-corrected chi connectivity index (χ2v) is 7.37. The van der Waals surface area contributed by atoms with Gasteiger partial charge in [0.15, 0.2) is 0 Å². The van der Waals surface area contributed by atoms with Crippen molar-refractivity contribution in [2.75, 3.05) is 18.5 Å². The summed E-state index contributed by atoms with van der Waals surface area (Å²) in [6, 6.07) is 18.4. The zero-order chi connectivity index (χ0) is 22.9. The minimum absolute atomic E-state index is 0.114. The van der Waals surface area contributed by atoms with Crippen molar-refractivity contribution in [3.8, 4) is 17.2 Å². The Balaban J connectivity index is 1.66. The Kier molecular flexibility index (Phi) is 8.22. The summed E-state index contributed by atoms with van der Waals surface area (Å²) >= 11 is 0. The Morgan fingerprint density at radius 2 is 1.75 bits per heavy atom. The number of aryl methyl sites for hydroxylation is 1. The zero-order valence-electron chi connectivity index (χ0n) is 19.1. The molecule has 1 atom stereocenters. The van der Waals surface area contributed by atoms with Crippen LogP contribution in [0.3, 0.4) is 0 Å². The van der Waals surface area contributed by atoms with E-state index in [1.165, 1.54) is 0 Å². The number of nitrogens with zero attached hydrogens (tertiary/aromatic N) is 1. The van der Waals surface area contributed by atoms with Gasteiger partial charge in [-0.3, -0.25) is 9.78 Å². The van der Waals surface area contributed by atoms with Crippen molar-refractivity contribution in [3.05, 3.63) is 77.6 Å². The lowest BCUT2D eigenvalue weighted by Crippen LogP contribution is -2.15. The molecule has 0 spiro atoms. The molecule has 6 nitrogen and oxygen atoms in total. The van der Waals surface area contributed by atoms with Gasteiger partial charge in [-0.2, -0.15) is 0 Å². The molecule has 0 aliphatic rings. The van der Waals surface area contributed by atoms with E-state index in [-0.39, 0.29) is 12.0 Å². The van der Waals surface area contributed by atoms with Gasteiger partial charge in [0.1, 0.15) is 17.2 Å². The van der Waals surface area contributed by atoms with E-state index >= 15 is 0 Å². The van der Waals surface area contributed by atoms with Crippen LogP contribution in [0.5, 0.6) is 17.2 Å². The molecule has 32 heavy (non-hydrogen) atoms. The Bertz CT molecular complexity index is 1030. The maximum atomic E-state index is 12.8. The first-order valence-electron chi connectivity index (χ1n) is 10.9. The minimum Gasteiger partial charge on any atom is -0.494 e. The van der Waals surface area contributed by atoms with E-state index in [0.717, 1.165) is 17.9 Å². The topological polar surface area (TPSA) is 69.7 Å². The average molecular weight is 435 g/mol. The number of rotatable bonds is 10. The summed E-state index contributed by atoms with van der Waals surface area (Å²) in [5.74, 6) is 1.91. The molecule has 0 bridgehead atoms. The van der Waals surface area contributed by atoms with E-state index in [1.54, 1.807) is 12.1 Å². The third-order valence-electron chi connectivity index (χ3n) is 4.81. The second-order valence-electron chi connectivity index (χ2n) is 7.37. The van der Waals surface area contributed by atoms with Crippen LogP contribution >= 0.6 is 0 Å². The van der Waals surface area contributed by atoms with Gasteiger partial charge in [-0.1, -0.05) is 13.0 Å². The molecule has 0 aliphatic carbocycles. The summed E-state index contributed by atoms with van der Waals surface area (Å²) < 4.78 is 17.1. The van der Waals surface area contributed by atoms with Crippen LogP contribution in [0.4, 0.5) is 5.69 Å². The van der Waals surface area contributed by atoms with Crippen molar-refractivity contribution in [2.24, 2.45) is 0 Å². The number of hydrogen-bond donors (Lipinski definition) is 1. The normalized spacial score (nSPS) is 11.6. The van der Waals surface area contributed by atoms with E-state index in [1.807, 2.05) is 69.3 Å². The molecule has 0 fully saturated rings. The lowest BCUT2D eigenvalue weighted by molar-refractivity contribution is 0.0732. The van der Waals surface area contributed by atoms with Gasteiger partial charge >= 0.3 is 0 Å². The molecule has 2 aromatic carbocycles. The molecule has 1 heterocycles. The van der Waals surface area contributed by atoms with Gasteiger partial charge in [-0.05, 0) is 75.7 Å². The summed E-state index contributed by atoms with van der Waals surface area (Å²) in [5.41, 5.74) is 2.62. The van der Waals surface area contributed by atoms with Gasteiger partial charge in [0, 0.05) is 18.4 Å². The van der Waals surface area contributed by atoms with Crippen LogP contribution in [-0.4, -0.2) is 24.1 Å². The fourth-order valence-electron chi connectivity index (χ4n) is 3.18. The molecule has 1 N–H and O–H groups in total. The SMILES string of the molecule is CCCOc1ccc(Oc2cccc(NC(=O)c3ccc(C(C)OCC)nc3C)c2)cc1. The van der Waals surface area contributed by atoms with Crippen LogP contribution in [0, 0.1) is 6.92 Å². The number of ether oxygens (including phenoxy) is 3. The first-order chi connectivity index (χ1) is 15.5. The molecule has 3 rings (SSSR count). The van der Waals surface area contributed by atoms with E-state index in [0.29, 0.717) is 41.7 Å². The van der Waals surface area contributed by atoms with Crippen LogP contribution in [-0.2, 0) is 4.74 Å². The average Bonchev–Trinajstić information content (AvgIpc) is 2.79. The number of anilines is 1. The Morgan fingerprint density at radius 3 is 2.44 bits per heavy atom. The Hall–Kier alpha value is -3.38. The number of hydrogen-bond acceptors (Lipinski definition) is 5. The third-order valence-corrected chi connectivity index (χ3v) is 4.81. The Morgan fingerprint density at radius 1 is 1.00 bits per heavy atom. The van der Waals surface area contributed by atoms with E-state index in [9.17, 15) is 4.79 Å². The van der Waals surface area contributed by atoms with Gasteiger partial charge in [0.25, 0.3) is 5.91 Å². The van der Waals surface area contributed by atoms with Crippen molar-refractivity contribution in [1.82, 2.24) is 4.98 Å². The largest absolute Gasteiger partial charge is 0.494 e. The van der Waals surface area contributed by atoms with Crippen molar-refractivity contribution < 1.29 is 19.0 Å². The molecule has 0 radical (unpaired) electrons. The van der Waals surface area contributed by atoms with Crippen LogP contribution in [0.1, 0.15) is 55.0 Å². The minimum atomic E-state index is -0.222. The summed E-state index contributed by atoms with van der Waals surface area (Å²) in [7, 11) is 0. The number of pyridine rings is 1. The van der Waals surface area contributed by atoms with Gasteiger partial charge in [0.05, 0.1) is 29.7 Å². The van der Waals surface area contributed by atoms with Crippen LogP contribution in [0.2, 0.25) is 0 Å². The predicted octanol–water partition coefficient (Wildman–Crippen LogP) is 6.32. The predicted molar refractivity (Wildman–Crippen MR) is 126 cm³/mol. The molecule has 1 unspecified atom stereocenters. The number of aromatic nitrogens is 1. The maximum Gasteiger partial charge on any atom is 0.257 e. The highest BCUT2D eigenvalue weighted by molar-refractivity contribution is 6.05. The molecule has 168 valence electrons. The van der Waals surface area contributed by atoms with Crippen molar-refractivity contribution in [1.29, 1.82) is 0 Å². The first-order valence-corrected chi connectivity index (χ1v) is 10.9. The number of nitrogens with one attached hydrogen (secondary N) is 1. The molecule has 1 aromatic heterocycles. The van der Waals surface area contributed by atoms with Gasteiger partial charge in [0.2, 0.25) is 0 Å². The van der Waals surface area contributed by atoms with Crippen LogP contribution in [0.25, 0.3) is 0 Å². The van der Waals surface area contributed by atoms with Gasteiger partial charge < -0.3 is 19.5 Å². The number of benzene rings is 2. The molecule has 1 amide bonds. The molecule has 0 aliphatic heterocycles. The van der Waals surface area contributed by atoms with E-state index in [2.05, 4.69) is 17.2 Å². The lowest BCUT2D eigenvalue weighted by Gasteiger charge is -2.14. The summed E-state index contributed by atoms with van der Waals surface area (Å²) in [6.45, 7) is 9.08. The quantitative estimate of drug-likeness (QED) is 0.404. The highest BCUT2D eigenvalue weighted by atomic mass is 16.5. The summed E-state index contributed by atoms with van der Waals surface area (Å²) in [5, 5.41) is 2.92. The van der Waals surface area contributed by atoms with Crippen molar-refractivity contribution in [3.63, 3.8) is 0 Å². The third kappa shape index (κ3) is 6.31. The van der Waals surface area contributed by atoms with Gasteiger partial charge in [-0.25, -0.2) is 0 Å². The van der Waals surface area contributed by atoms with E-state index in [4.69, 9.17) is 14.2 Å². The zero-order valence-corrected chi connectivity index (χ0v) is 19.1. The monoisotopic (exact) mass is 434 g/mol. The van der Waals surface area contributed by atoms with Crippen LogP contribution < -0.4 is 14.8 Å². The van der Waals surface area contributed by atoms with Gasteiger partial charge in [-0.15, -0.1) is 0 Å². The smallest absolute Gasteiger partial charge is 0.257 e. The maximum absolute atomic E-state index is 12.8. The molecular formula is C26H30N2O4. The molecule has 0 saturated carbocycles. The number of carbonyl (C=O) groups is 1. The highest BCUT2D eigenvalue weighted by Gasteiger charge is 2.14. The second kappa shape index (κ2) is 11.3. The van der Waals surface area contributed by atoms with Crippen molar-refractivity contribution >= 4 is 11.6 Å². The molecular weight excluding hydrogens is 404 g/mol. The number of carbonyl (C=O) groups excluding carboxylic acids is 1. The number of amides is 1. The summed E-state index contributed by atoms with van der Waals surface area (Å²) in [6.07, 6.45) is 0.847. The van der Waals surface area contributed by atoms with E-state index < -0.39 is 0 Å². The molecule has 0 saturated heterocycles. The van der Waals surface area contributed by atoms with Crippen LogP contribution in [0.15, 0.2) is 60.7 Å².